The van der Waals surface area contributed by atoms with Crippen molar-refractivity contribution in [3.63, 3.8) is 0 Å². The first kappa shape index (κ1) is 12.4. The van der Waals surface area contributed by atoms with Gasteiger partial charge in [0.25, 0.3) is 0 Å². The van der Waals surface area contributed by atoms with Gasteiger partial charge in [-0.2, -0.15) is 0 Å². The number of esters is 1. The van der Waals surface area contributed by atoms with Gasteiger partial charge in [0.05, 0.1) is 24.3 Å². The molecule has 0 aromatic carbocycles. The summed E-state index contributed by atoms with van der Waals surface area (Å²) in [5.74, 6) is -1.68. The number of hydrogen-bond acceptors (Lipinski definition) is 4. The number of halogens is 1. The van der Waals surface area contributed by atoms with Crippen LogP contribution in [0, 0.1) is 0 Å². The second kappa shape index (κ2) is 5.46. The van der Waals surface area contributed by atoms with E-state index < -0.39 is 11.9 Å². The number of rotatable bonds is 4. The number of carboxylic acids is 1. The second-order valence-electron chi connectivity index (χ2n) is 2.92. The van der Waals surface area contributed by atoms with E-state index in [0.717, 1.165) is 0 Å². The van der Waals surface area contributed by atoms with Gasteiger partial charge in [0.2, 0.25) is 0 Å². The van der Waals surface area contributed by atoms with Crippen LogP contribution in [-0.2, 0) is 16.0 Å². The third kappa shape index (κ3) is 3.20. The molecule has 0 bridgehead atoms. The Bertz CT molecular complexity index is 419. The number of ether oxygens (including phenoxy) is 1. The fraction of sp³-hybridized carbons (Fsp3) is 0.300. The summed E-state index contributed by atoms with van der Waals surface area (Å²) in [6, 6.07) is 2.82. The van der Waals surface area contributed by atoms with Crippen molar-refractivity contribution in [2.75, 3.05) is 6.61 Å². The minimum Gasteiger partial charge on any atom is -0.481 e. The quantitative estimate of drug-likeness (QED) is 0.641. The molecule has 0 aliphatic rings. The molecule has 6 heteroatoms. The van der Waals surface area contributed by atoms with Crippen LogP contribution in [0.4, 0.5) is 0 Å². The van der Waals surface area contributed by atoms with Crippen molar-refractivity contribution in [1.82, 2.24) is 4.98 Å². The van der Waals surface area contributed by atoms with Crippen LogP contribution in [0.15, 0.2) is 12.1 Å². The maximum absolute atomic E-state index is 11.5. The van der Waals surface area contributed by atoms with E-state index in [1.165, 1.54) is 12.1 Å². The van der Waals surface area contributed by atoms with Crippen molar-refractivity contribution in [1.29, 1.82) is 0 Å². The summed E-state index contributed by atoms with van der Waals surface area (Å²) in [6.07, 6.45) is -0.366. The Hall–Kier alpha value is -1.62. The predicted octanol–water partition coefficient (Wildman–Crippen LogP) is 1.54. The molecule has 0 aliphatic heterocycles. The van der Waals surface area contributed by atoms with Crippen LogP contribution in [0.1, 0.15) is 23.0 Å². The number of hydrogen-bond donors (Lipinski definition) is 1. The molecule has 0 radical (unpaired) electrons. The summed E-state index contributed by atoms with van der Waals surface area (Å²) in [6.45, 7) is 1.88. The third-order valence-electron chi connectivity index (χ3n) is 1.75. The molecular weight excluding hydrogens is 234 g/mol. The van der Waals surface area contributed by atoms with Gasteiger partial charge in [0.15, 0.2) is 0 Å². The van der Waals surface area contributed by atoms with Gasteiger partial charge in [-0.3, -0.25) is 4.79 Å². The van der Waals surface area contributed by atoms with Crippen LogP contribution < -0.4 is 0 Å². The summed E-state index contributed by atoms with van der Waals surface area (Å²) < 4.78 is 4.78. The van der Waals surface area contributed by atoms with E-state index in [-0.39, 0.29) is 29.4 Å². The smallest absolute Gasteiger partial charge is 0.339 e. The molecule has 1 rings (SSSR count). The summed E-state index contributed by atoms with van der Waals surface area (Å²) >= 11 is 5.63. The number of aromatic nitrogens is 1. The minimum absolute atomic E-state index is 0.110. The van der Waals surface area contributed by atoms with Crippen molar-refractivity contribution in [3.05, 3.63) is 28.5 Å². The number of aliphatic carboxylic acids is 1. The Morgan fingerprint density at radius 2 is 2.19 bits per heavy atom. The highest BCUT2D eigenvalue weighted by Gasteiger charge is 2.16. The number of carbonyl (C=O) groups is 2. The zero-order valence-corrected chi connectivity index (χ0v) is 9.32. The molecule has 5 nitrogen and oxygen atoms in total. The summed E-state index contributed by atoms with van der Waals surface area (Å²) in [5.41, 5.74) is 0.243. The van der Waals surface area contributed by atoms with Gasteiger partial charge in [-0.15, -0.1) is 0 Å². The van der Waals surface area contributed by atoms with E-state index >= 15 is 0 Å². The first-order valence-corrected chi connectivity index (χ1v) is 4.96. The molecule has 0 aliphatic carbocycles. The van der Waals surface area contributed by atoms with Crippen molar-refractivity contribution >= 4 is 23.5 Å². The first-order chi connectivity index (χ1) is 7.54. The van der Waals surface area contributed by atoms with Crippen LogP contribution in [0.25, 0.3) is 0 Å². The number of pyridine rings is 1. The van der Waals surface area contributed by atoms with Gasteiger partial charge in [0.1, 0.15) is 5.15 Å². The maximum Gasteiger partial charge on any atom is 0.339 e. The Balaban J connectivity index is 3.06. The Morgan fingerprint density at radius 3 is 2.75 bits per heavy atom. The maximum atomic E-state index is 11.5. The predicted molar refractivity (Wildman–Crippen MR) is 56.5 cm³/mol. The van der Waals surface area contributed by atoms with E-state index in [4.69, 9.17) is 21.4 Å². The largest absolute Gasteiger partial charge is 0.481 e. The lowest BCUT2D eigenvalue weighted by Gasteiger charge is -2.06. The highest BCUT2D eigenvalue weighted by Crippen LogP contribution is 2.13. The summed E-state index contributed by atoms with van der Waals surface area (Å²) in [5, 5.41) is 8.80. The van der Waals surface area contributed by atoms with Crippen LogP contribution >= 0.6 is 11.6 Å². The van der Waals surface area contributed by atoms with Gasteiger partial charge < -0.3 is 9.84 Å². The summed E-state index contributed by atoms with van der Waals surface area (Å²) in [7, 11) is 0. The molecule has 0 amide bonds. The Morgan fingerprint density at radius 1 is 1.50 bits per heavy atom. The topological polar surface area (TPSA) is 76.5 Å². The van der Waals surface area contributed by atoms with Gasteiger partial charge >= 0.3 is 11.9 Å². The second-order valence-corrected chi connectivity index (χ2v) is 3.31. The molecule has 86 valence electrons. The van der Waals surface area contributed by atoms with E-state index in [1.807, 2.05) is 0 Å². The summed E-state index contributed by atoms with van der Waals surface area (Å²) in [4.78, 5) is 25.8. The zero-order valence-electron chi connectivity index (χ0n) is 8.57. The standard InChI is InChI=1S/C10H10ClNO4/c1-2-16-10(15)6-3-4-8(11)12-7(6)5-9(13)14/h3-4H,2,5H2,1H3,(H,13,14). The lowest BCUT2D eigenvalue weighted by molar-refractivity contribution is -0.136. The molecule has 16 heavy (non-hydrogen) atoms. The molecule has 0 spiro atoms. The molecular formula is C10H10ClNO4. The highest BCUT2D eigenvalue weighted by atomic mass is 35.5. The molecule has 0 saturated heterocycles. The average Bonchev–Trinajstić information content (AvgIpc) is 2.16. The third-order valence-corrected chi connectivity index (χ3v) is 1.96. The Labute approximate surface area is 97.0 Å². The van der Waals surface area contributed by atoms with Crippen LogP contribution in [0.5, 0.6) is 0 Å². The SMILES string of the molecule is CCOC(=O)c1ccc(Cl)nc1CC(=O)O. The van der Waals surface area contributed by atoms with Crippen LogP contribution in [-0.4, -0.2) is 28.6 Å². The molecule has 0 unspecified atom stereocenters. The van der Waals surface area contributed by atoms with Gasteiger partial charge in [-0.1, -0.05) is 11.6 Å². The monoisotopic (exact) mass is 243 g/mol. The van der Waals surface area contributed by atoms with Gasteiger partial charge in [-0.25, -0.2) is 9.78 Å². The fourth-order valence-corrected chi connectivity index (χ4v) is 1.31. The van der Waals surface area contributed by atoms with E-state index in [9.17, 15) is 9.59 Å². The molecule has 1 N–H and O–H groups in total. The van der Waals surface area contributed by atoms with Crippen LogP contribution in [0.3, 0.4) is 0 Å². The van der Waals surface area contributed by atoms with E-state index in [0.29, 0.717) is 0 Å². The number of carboxylic acid groups (broad SMARTS) is 1. The van der Waals surface area contributed by atoms with E-state index in [1.54, 1.807) is 6.92 Å². The minimum atomic E-state index is -1.08. The first-order valence-electron chi connectivity index (χ1n) is 4.59. The van der Waals surface area contributed by atoms with Crippen molar-refractivity contribution in [2.24, 2.45) is 0 Å². The average molecular weight is 244 g/mol. The molecule has 0 saturated carbocycles. The number of carbonyl (C=O) groups excluding carboxylic acids is 1. The van der Waals surface area contributed by atoms with Crippen LogP contribution in [0.2, 0.25) is 5.15 Å². The molecule has 1 heterocycles. The van der Waals surface area contributed by atoms with Gasteiger partial charge in [-0.05, 0) is 19.1 Å². The van der Waals surface area contributed by atoms with E-state index in [2.05, 4.69) is 4.98 Å². The highest BCUT2D eigenvalue weighted by molar-refractivity contribution is 6.29. The molecule has 0 fully saturated rings. The number of nitrogens with zero attached hydrogens (tertiary/aromatic N) is 1. The van der Waals surface area contributed by atoms with Crippen molar-refractivity contribution in [3.8, 4) is 0 Å². The van der Waals surface area contributed by atoms with Crippen molar-refractivity contribution < 1.29 is 19.4 Å². The Kier molecular flexibility index (Phi) is 4.25. The lowest BCUT2D eigenvalue weighted by Crippen LogP contribution is -2.12. The molecule has 1 aromatic heterocycles. The normalized spacial score (nSPS) is 9.88. The fourth-order valence-electron chi connectivity index (χ4n) is 1.15. The zero-order chi connectivity index (χ0) is 12.1. The van der Waals surface area contributed by atoms with Crippen molar-refractivity contribution in [2.45, 2.75) is 13.3 Å². The van der Waals surface area contributed by atoms with Gasteiger partial charge in [0, 0.05) is 0 Å². The lowest BCUT2D eigenvalue weighted by atomic mass is 10.1. The molecule has 0 atom stereocenters. The molecule has 1 aromatic rings.